The van der Waals surface area contributed by atoms with Crippen molar-refractivity contribution < 1.29 is 13.2 Å². The number of nitrogens with one attached hydrogen (secondary N) is 1. The van der Waals surface area contributed by atoms with E-state index >= 15 is 0 Å². The first-order valence-corrected chi connectivity index (χ1v) is 12.8. The number of rotatable bonds is 5. The number of aromatic nitrogens is 1. The zero-order valence-corrected chi connectivity index (χ0v) is 20.1. The number of thiazole rings is 1. The monoisotopic (exact) mass is 490 g/mol. The van der Waals surface area contributed by atoms with Gasteiger partial charge in [0, 0.05) is 43.4 Å². The number of piperazine rings is 1. The Morgan fingerprint density at radius 1 is 1.06 bits per heavy atom. The third-order valence-electron chi connectivity index (χ3n) is 5.49. The molecule has 1 aromatic heterocycles. The lowest BCUT2D eigenvalue weighted by atomic mass is 10.1. The molecule has 4 rings (SSSR count). The van der Waals surface area contributed by atoms with Crippen molar-refractivity contribution in [2.75, 3.05) is 35.8 Å². The molecular weight excluding hydrogens is 468 g/mol. The van der Waals surface area contributed by atoms with Crippen LogP contribution in [0.4, 0.5) is 10.8 Å². The minimum atomic E-state index is -3.88. The van der Waals surface area contributed by atoms with E-state index in [0.29, 0.717) is 31.9 Å². The van der Waals surface area contributed by atoms with Crippen LogP contribution in [0.2, 0.25) is 5.02 Å². The van der Waals surface area contributed by atoms with E-state index in [-0.39, 0.29) is 21.4 Å². The van der Waals surface area contributed by atoms with E-state index in [2.05, 4.69) is 14.6 Å². The summed E-state index contributed by atoms with van der Waals surface area (Å²) >= 11 is 7.85. The van der Waals surface area contributed by atoms with Crippen LogP contribution in [0, 0.1) is 13.8 Å². The van der Waals surface area contributed by atoms with Crippen LogP contribution in [0.15, 0.2) is 52.9 Å². The van der Waals surface area contributed by atoms with E-state index in [1.54, 1.807) is 34.6 Å². The lowest BCUT2D eigenvalue weighted by Gasteiger charge is -2.34. The Balaban J connectivity index is 1.52. The predicted molar refractivity (Wildman–Crippen MR) is 128 cm³/mol. The number of amides is 1. The van der Waals surface area contributed by atoms with E-state index in [0.717, 1.165) is 16.3 Å². The van der Waals surface area contributed by atoms with Crippen LogP contribution in [-0.4, -0.2) is 50.4 Å². The molecule has 0 bridgehead atoms. The molecule has 1 N–H and O–H groups in total. The van der Waals surface area contributed by atoms with Crippen LogP contribution in [0.25, 0.3) is 0 Å². The second-order valence-corrected chi connectivity index (χ2v) is 10.6. The van der Waals surface area contributed by atoms with Crippen LogP contribution in [0.1, 0.15) is 21.5 Å². The van der Waals surface area contributed by atoms with Crippen molar-refractivity contribution in [1.82, 2.24) is 9.88 Å². The molecular formula is C22H23ClN4O3S2. The summed E-state index contributed by atoms with van der Waals surface area (Å²) in [6, 6.07) is 9.55. The predicted octanol–water partition coefficient (Wildman–Crippen LogP) is 4.18. The van der Waals surface area contributed by atoms with Crippen LogP contribution < -0.4 is 9.62 Å². The first-order chi connectivity index (χ1) is 15.2. The molecule has 1 saturated heterocycles. The molecule has 168 valence electrons. The van der Waals surface area contributed by atoms with Gasteiger partial charge in [0.2, 0.25) is 0 Å². The molecule has 1 aliphatic rings. The zero-order valence-electron chi connectivity index (χ0n) is 17.7. The summed E-state index contributed by atoms with van der Waals surface area (Å²) in [5, 5.41) is 3.08. The number of nitrogens with zero attached hydrogens (tertiary/aromatic N) is 3. The zero-order chi connectivity index (χ0) is 22.9. The minimum Gasteiger partial charge on any atom is -0.345 e. The van der Waals surface area contributed by atoms with Crippen molar-refractivity contribution in [1.29, 1.82) is 0 Å². The smallest absolute Gasteiger partial charge is 0.261 e. The minimum absolute atomic E-state index is 0.00935. The van der Waals surface area contributed by atoms with Crippen LogP contribution in [0.5, 0.6) is 0 Å². The number of benzene rings is 2. The summed E-state index contributed by atoms with van der Waals surface area (Å²) in [4.78, 5) is 21.3. The van der Waals surface area contributed by atoms with Gasteiger partial charge < -0.3 is 9.80 Å². The van der Waals surface area contributed by atoms with Gasteiger partial charge >= 0.3 is 0 Å². The number of hydrogen-bond donors (Lipinski definition) is 1. The molecule has 0 radical (unpaired) electrons. The molecule has 0 unspecified atom stereocenters. The molecule has 1 amide bonds. The fourth-order valence-electron chi connectivity index (χ4n) is 3.50. The number of carbonyl (C=O) groups excluding carboxylic acids is 1. The number of carbonyl (C=O) groups is 1. The number of sulfonamides is 1. The molecule has 3 aromatic rings. The van der Waals surface area contributed by atoms with Crippen LogP contribution in [0.3, 0.4) is 0 Å². The lowest BCUT2D eigenvalue weighted by Crippen LogP contribution is -2.48. The third kappa shape index (κ3) is 4.74. The van der Waals surface area contributed by atoms with Crippen molar-refractivity contribution >= 4 is 49.7 Å². The molecule has 10 heteroatoms. The molecule has 7 nitrogen and oxygen atoms in total. The van der Waals surface area contributed by atoms with E-state index in [1.165, 1.54) is 18.2 Å². The van der Waals surface area contributed by atoms with E-state index < -0.39 is 10.0 Å². The Labute approximate surface area is 196 Å². The Bertz CT molecular complexity index is 1240. The fraction of sp³-hybridized carbons (Fsp3) is 0.273. The quantitative estimate of drug-likeness (QED) is 0.580. The number of anilines is 2. The number of hydrogen-bond acceptors (Lipinski definition) is 6. The molecule has 0 saturated carbocycles. The van der Waals surface area contributed by atoms with Gasteiger partial charge in [-0.05, 0) is 55.3 Å². The summed E-state index contributed by atoms with van der Waals surface area (Å²) < 4.78 is 28.5. The highest BCUT2D eigenvalue weighted by molar-refractivity contribution is 7.92. The average molecular weight is 491 g/mol. The molecule has 0 aliphatic carbocycles. The van der Waals surface area contributed by atoms with Crippen LogP contribution >= 0.6 is 22.9 Å². The van der Waals surface area contributed by atoms with Crippen molar-refractivity contribution in [3.63, 3.8) is 0 Å². The van der Waals surface area contributed by atoms with Gasteiger partial charge in [-0.3, -0.25) is 9.52 Å². The fourth-order valence-corrected chi connectivity index (χ4v) is 5.47. The van der Waals surface area contributed by atoms with E-state index in [4.69, 9.17) is 11.6 Å². The lowest BCUT2D eigenvalue weighted by molar-refractivity contribution is 0.0746. The first kappa shape index (κ1) is 22.6. The second-order valence-electron chi connectivity index (χ2n) is 7.64. The highest BCUT2D eigenvalue weighted by Gasteiger charge is 2.26. The largest absolute Gasteiger partial charge is 0.345 e. The number of aryl methyl sites for hydroxylation is 2. The van der Waals surface area contributed by atoms with Gasteiger partial charge in [-0.15, -0.1) is 11.3 Å². The Morgan fingerprint density at radius 2 is 1.81 bits per heavy atom. The molecule has 1 aliphatic heterocycles. The standard InChI is InChI=1S/C22H23ClN4O3S2/c1-15-3-4-17(13-16(15)2)25-32(29,30)18-5-6-20(23)19(14-18)21(28)26-8-10-27(11-9-26)22-24-7-12-31-22/h3-7,12-14,25H,8-11H2,1-2H3. The topological polar surface area (TPSA) is 82.6 Å². The SMILES string of the molecule is Cc1ccc(NS(=O)(=O)c2ccc(Cl)c(C(=O)N3CCN(c4nccs4)CC3)c2)cc1C. The maximum atomic E-state index is 13.1. The maximum Gasteiger partial charge on any atom is 0.261 e. The van der Waals surface area contributed by atoms with Gasteiger partial charge in [0.15, 0.2) is 5.13 Å². The Morgan fingerprint density at radius 3 is 2.47 bits per heavy atom. The second kappa shape index (κ2) is 9.09. The van der Waals surface area contributed by atoms with E-state index in [9.17, 15) is 13.2 Å². The molecule has 2 aromatic carbocycles. The van der Waals surface area contributed by atoms with E-state index in [1.807, 2.05) is 25.3 Å². The molecule has 32 heavy (non-hydrogen) atoms. The van der Waals surface area contributed by atoms with Crippen molar-refractivity contribution in [2.45, 2.75) is 18.7 Å². The van der Waals surface area contributed by atoms with Gasteiger partial charge in [-0.2, -0.15) is 0 Å². The summed E-state index contributed by atoms with van der Waals surface area (Å²) in [6.07, 6.45) is 1.76. The number of halogens is 1. The highest BCUT2D eigenvalue weighted by Crippen LogP contribution is 2.26. The summed E-state index contributed by atoms with van der Waals surface area (Å²) in [5.41, 5.74) is 2.70. The average Bonchev–Trinajstić information content (AvgIpc) is 3.31. The molecule has 0 spiro atoms. The van der Waals surface area contributed by atoms with Gasteiger partial charge in [-0.1, -0.05) is 17.7 Å². The van der Waals surface area contributed by atoms with Gasteiger partial charge in [0.1, 0.15) is 0 Å². The maximum absolute atomic E-state index is 13.1. The Kier molecular flexibility index (Phi) is 6.41. The highest BCUT2D eigenvalue weighted by atomic mass is 35.5. The normalized spacial score (nSPS) is 14.5. The summed E-state index contributed by atoms with van der Waals surface area (Å²) in [6.45, 7) is 6.20. The first-order valence-electron chi connectivity index (χ1n) is 10.1. The molecule has 0 atom stereocenters. The summed E-state index contributed by atoms with van der Waals surface area (Å²) in [7, 11) is -3.88. The van der Waals surface area contributed by atoms with Gasteiger partial charge in [-0.25, -0.2) is 13.4 Å². The van der Waals surface area contributed by atoms with Crippen LogP contribution in [-0.2, 0) is 10.0 Å². The van der Waals surface area contributed by atoms with Crippen molar-refractivity contribution in [2.24, 2.45) is 0 Å². The van der Waals surface area contributed by atoms with Gasteiger partial charge in [0.05, 0.1) is 15.5 Å². The van der Waals surface area contributed by atoms with Crippen molar-refractivity contribution in [3.8, 4) is 0 Å². The van der Waals surface area contributed by atoms with Crippen molar-refractivity contribution in [3.05, 3.63) is 69.7 Å². The molecule has 1 fully saturated rings. The third-order valence-corrected chi connectivity index (χ3v) is 8.04. The van der Waals surface area contributed by atoms with Gasteiger partial charge in [0.25, 0.3) is 15.9 Å². The Hall–Kier alpha value is -2.62. The molecule has 2 heterocycles. The summed E-state index contributed by atoms with van der Waals surface area (Å²) in [5.74, 6) is -0.281.